The number of halogens is 2. The molecule has 3 aromatic rings. The summed E-state index contributed by atoms with van der Waals surface area (Å²) >= 11 is 12.0. The molecule has 1 aromatic heterocycles. The van der Waals surface area contributed by atoms with E-state index >= 15 is 0 Å². The highest BCUT2D eigenvalue weighted by Gasteiger charge is 2.10. The van der Waals surface area contributed by atoms with Gasteiger partial charge in [-0.2, -0.15) is 0 Å². The largest absolute Gasteiger partial charge is 0.328 e. The third-order valence-electron chi connectivity index (χ3n) is 3.57. The minimum absolute atomic E-state index is 0.572. The number of aryl methyl sites for hydroxylation is 3. The molecule has 0 spiro atoms. The Labute approximate surface area is 134 Å². The molecule has 4 heteroatoms. The maximum absolute atomic E-state index is 6.05. The molecule has 0 amide bonds. The van der Waals surface area contributed by atoms with Crippen LogP contribution in [0.2, 0.25) is 5.02 Å². The number of aromatic nitrogens is 2. The quantitative estimate of drug-likeness (QED) is 0.623. The molecule has 0 aliphatic carbocycles. The first-order valence-corrected chi connectivity index (χ1v) is 7.94. The summed E-state index contributed by atoms with van der Waals surface area (Å²) in [6.07, 6.45) is 1.74. The Kier molecular flexibility index (Phi) is 4.47. The fraction of sp³-hybridized carbons (Fsp3) is 0.235. The molecule has 0 saturated carbocycles. The highest BCUT2D eigenvalue weighted by molar-refractivity contribution is 6.31. The SMILES string of the molecule is ClCCc1nc2cc(Cl)ccc2n1CCc1ccccc1. The number of benzene rings is 2. The predicted octanol–water partition coefficient (Wildman–Crippen LogP) is 4.71. The average Bonchev–Trinajstić information content (AvgIpc) is 2.83. The summed E-state index contributed by atoms with van der Waals surface area (Å²) in [5.74, 6) is 1.60. The van der Waals surface area contributed by atoms with Gasteiger partial charge in [0.15, 0.2) is 0 Å². The monoisotopic (exact) mass is 318 g/mol. The summed E-state index contributed by atoms with van der Waals surface area (Å²) in [6.45, 7) is 0.897. The molecule has 0 fully saturated rings. The number of hydrogen-bond donors (Lipinski definition) is 0. The van der Waals surface area contributed by atoms with Crippen molar-refractivity contribution in [2.75, 3.05) is 5.88 Å². The zero-order valence-electron chi connectivity index (χ0n) is 11.6. The van der Waals surface area contributed by atoms with Gasteiger partial charge < -0.3 is 4.57 Å². The van der Waals surface area contributed by atoms with E-state index in [1.165, 1.54) is 5.56 Å². The summed E-state index contributed by atoms with van der Waals surface area (Å²) < 4.78 is 2.25. The normalized spacial score (nSPS) is 11.1. The van der Waals surface area contributed by atoms with Gasteiger partial charge in [0, 0.05) is 23.9 Å². The molecule has 2 nitrogen and oxygen atoms in total. The first-order chi connectivity index (χ1) is 10.3. The van der Waals surface area contributed by atoms with E-state index in [9.17, 15) is 0 Å². The second kappa shape index (κ2) is 6.50. The molecule has 21 heavy (non-hydrogen) atoms. The van der Waals surface area contributed by atoms with Crippen LogP contribution in [-0.2, 0) is 19.4 Å². The minimum Gasteiger partial charge on any atom is -0.328 e. The summed E-state index contributed by atoms with van der Waals surface area (Å²) in [5.41, 5.74) is 3.39. The van der Waals surface area contributed by atoms with Crippen molar-refractivity contribution in [2.45, 2.75) is 19.4 Å². The molecule has 3 rings (SSSR count). The van der Waals surface area contributed by atoms with E-state index in [1.54, 1.807) is 0 Å². The molecule has 0 N–H and O–H groups in total. The van der Waals surface area contributed by atoms with Gasteiger partial charge in [-0.3, -0.25) is 0 Å². The van der Waals surface area contributed by atoms with Crippen LogP contribution in [0.5, 0.6) is 0 Å². The van der Waals surface area contributed by atoms with Crippen LogP contribution in [0.1, 0.15) is 11.4 Å². The van der Waals surface area contributed by atoms with Crippen LogP contribution >= 0.6 is 23.2 Å². The van der Waals surface area contributed by atoms with Crippen LogP contribution < -0.4 is 0 Å². The van der Waals surface area contributed by atoms with Gasteiger partial charge in [0.2, 0.25) is 0 Å². The van der Waals surface area contributed by atoms with Gasteiger partial charge in [0.1, 0.15) is 5.82 Å². The Morgan fingerprint density at radius 2 is 1.81 bits per heavy atom. The molecule has 2 aromatic carbocycles. The maximum Gasteiger partial charge on any atom is 0.111 e. The van der Waals surface area contributed by atoms with Gasteiger partial charge in [0.05, 0.1) is 11.0 Å². The molecule has 0 unspecified atom stereocenters. The van der Waals surface area contributed by atoms with Crippen LogP contribution in [0.25, 0.3) is 11.0 Å². The van der Waals surface area contributed by atoms with E-state index in [0.717, 1.165) is 36.2 Å². The van der Waals surface area contributed by atoms with Gasteiger partial charge in [-0.1, -0.05) is 41.9 Å². The van der Waals surface area contributed by atoms with Gasteiger partial charge in [0.25, 0.3) is 0 Å². The number of imidazole rings is 1. The lowest BCUT2D eigenvalue weighted by atomic mass is 10.1. The second-order valence-electron chi connectivity index (χ2n) is 4.99. The van der Waals surface area contributed by atoms with Crippen molar-refractivity contribution < 1.29 is 0 Å². The predicted molar refractivity (Wildman–Crippen MR) is 89.3 cm³/mol. The summed E-state index contributed by atoms with van der Waals surface area (Å²) in [7, 11) is 0. The number of fused-ring (bicyclic) bond motifs is 1. The van der Waals surface area contributed by atoms with Crippen molar-refractivity contribution >= 4 is 34.2 Å². The Balaban J connectivity index is 1.93. The van der Waals surface area contributed by atoms with Crippen molar-refractivity contribution in [1.29, 1.82) is 0 Å². The highest BCUT2D eigenvalue weighted by Crippen LogP contribution is 2.21. The first-order valence-electron chi connectivity index (χ1n) is 7.02. The number of nitrogens with zero attached hydrogens (tertiary/aromatic N) is 2. The summed E-state index contributed by atoms with van der Waals surface area (Å²) in [4.78, 5) is 4.67. The molecule has 108 valence electrons. The molecule has 0 radical (unpaired) electrons. The summed E-state index contributed by atoms with van der Waals surface area (Å²) in [6, 6.07) is 16.3. The van der Waals surface area contributed by atoms with E-state index < -0.39 is 0 Å². The number of alkyl halides is 1. The lowest BCUT2D eigenvalue weighted by Crippen LogP contribution is -2.07. The number of rotatable bonds is 5. The minimum atomic E-state index is 0.572. The van der Waals surface area contributed by atoms with Crippen molar-refractivity contribution in [3.05, 3.63) is 64.9 Å². The fourth-order valence-electron chi connectivity index (χ4n) is 2.56. The highest BCUT2D eigenvalue weighted by atomic mass is 35.5. The summed E-state index contributed by atoms with van der Waals surface area (Å²) in [5, 5.41) is 0.715. The van der Waals surface area contributed by atoms with Gasteiger partial charge in [-0.25, -0.2) is 4.98 Å². The van der Waals surface area contributed by atoms with Crippen molar-refractivity contribution in [2.24, 2.45) is 0 Å². The Morgan fingerprint density at radius 1 is 1.00 bits per heavy atom. The average molecular weight is 319 g/mol. The van der Waals surface area contributed by atoms with Gasteiger partial charge in [-0.15, -0.1) is 11.6 Å². The smallest absolute Gasteiger partial charge is 0.111 e. The first kappa shape index (κ1) is 14.4. The lowest BCUT2D eigenvalue weighted by Gasteiger charge is -2.08. The zero-order valence-corrected chi connectivity index (χ0v) is 13.1. The molecule has 0 aliphatic rings. The maximum atomic E-state index is 6.05. The third-order valence-corrected chi connectivity index (χ3v) is 4.00. The molecule has 0 aliphatic heterocycles. The van der Waals surface area contributed by atoms with Crippen LogP contribution in [0.4, 0.5) is 0 Å². The van der Waals surface area contributed by atoms with Crippen molar-refractivity contribution in [3.63, 3.8) is 0 Å². The number of hydrogen-bond acceptors (Lipinski definition) is 1. The fourth-order valence-corrected chi connectivity index (χ4v) is 2.90. The lowest BCUT2D eigenvalue weighted by molar-refractivity contribution is 0.675. The molecular formula is C17H16Cl2N2. The van der Waals surface area contributed by atoms with E-state index in [-0.39, 0.29) is 0 Å². The Hall–Kier alpha value is -1.51. The molecule has 0 saturated heterocycles. The van der Waals surface area contributed by atoms with Crippen molar-refractivity contribution in [3.8, 4) is 0 Å². The van der Waals surface area contributed by atoms with E-state index in [1.807, 2.05) is 24.3 Å². The topological polar surface area (TPSA) is 17.8 Å². The molecule has 1 heterocycles. The Morgan fingerprint density at radius 3 is 2.57 bits per heavy atom. The second-order valence-corrected chi connectivity index (χ2v) is 5.80. The Bertz CT molecular complexity index is 735. The molecule has 0 atom stereocenters. The van der Waals surface area contributed by atoms with E-state index in [4.69, 9.17) is 23.2 Å². The van der Waals surface area contributed by atoms with E-state index in [2.05, 4.69) is 33.8 Å². The van der Waals surface area contributed by atoms with Gasteiger partial charge in [-0.05, 0) is 30.2 Å². The van der Waals surface area contributed by atoms with Crippen LogP contribution in [-0.4, -0.2) is 15.4 Å². The molecule has 0 bridgehead atoms. The zero-order chi connectivity index (χ0) is 14.7. The molecular weight excluding hydrogens is 303 g/mol. The van der Waals surface area contributed by atoms with Gasteiger partial charge >= 0.3 is 0 Å². The third kappa shape index (κ3) is 3.22. The van der Waals surface area contributed by atoms with Crippen LogP contribution in [0.15, 0.2) is 48.5 Å². The van der Waals surface area contributed by atoms with Crippen LogP contribution in [0, 0.1) is 0 Å². The van der Waals surface area contributed by atoms with Crippen LogP contribution in [0.3, 0.4) is 0 Å². The van der Waals surface area contributed by atoms with E-state index in [0.29, 0.717) is 10.9 Å². The van der Waals surface area contributed by atoms with Crippen molar-refractivity contribution in [1.82, 2.24) is 9.55 Å². The standard InChI is InChI=1S/C17H16Cl2N2/c18-10-8-17-20-15-12-14(19)6-7-16(15)21(17)11-9-13-4-2-1-3-5-13/h1-7,12H,8-11H2.